The molecular weight excluding hydrogens is 204 g/mol. The van der Waals surface area contributed by atoms with Crippen LogP contribution in [0.2, 0.25) is 0 Å². The van der Waals surface area contributed by atoms with E-state index in [0.717, 1.165) is 16.8 Å². The van der Waals surface area contributed by atoms with Crippen LogP contribution >= 0.6 is 0 Å². The number of esters is 1. The number of hydrogen-bond acceptors (Lipinski definition) is 3. The van der Waals surface area contributed by atoms with Crippen molar-refractivity contribution in [2.45, 2.75) is 0 Å². The minimum atomic E-state index is -0.500. The summed E-state index contributed by atoms with van der Waals surface area (Å²) in [4.78, 5) is 11.0. The first-order chi connectivity index (χ1) is 7.69. The highest BCUT2D eigenvalue weighted by Gasteiger charge is 2.01. The third-order valence-electron chi connectivity index (χ3n) is 2.18. The monoisotopic (exact) mass is 214 g/mol. The van der Waals surface area contributed by atoms with E-state index in [1.165, 1.54) is 0 Å². The number of benzene rings is 2. The lowest BCUT2D eigenvalue weighted by Crippen LogP contribution is -2.02. The number of hydrogen-bond donors (Lipinski definition) is 1. The van der Waals surface area contributed by atoms with Crippen molar-refractivity contribution in [1.29, 1.82) is 0 Å². The van der Waals surface area contributed by atoms with Crippen LogP contribution in [0.4, 0.5) is 0 Å². The maximum atomic E-state index is 11.0. The Hall–Kier alpha value is -2.29. The van der Waals surface area contributed by atoms with Gasteiger partial charge in [-0.2, -0.15) is 0 Å². The highest BCUT2D eigenvalue weighted by molar-refractivity contribution is 5.87. The van der Waals surface area contributed by atoms with Crippen LogP contribution in [0, 0.1) is 0 Å². The molecule has 3 nitrogen and oxygen atoms in total. The molecule has 16 heavy (non-hydrogen) atoms. The normalized spacial score (nSPS) is 10.0. The van der Waals surface area contributed by atoms with Crippen LogP contribution in [0.25, 0.3) is 10.8 Å². The Morgan fingerprint density at radius 3 is 2.69 bits per heavy atom. The molecule has 3 heteroatoms. The molecule has 0 amide bonds. The first-order valence-corrected chi connectivity index (χ1v) is 4.76. The molecule has 0 saturated heterocycles. The number of phenols is 1. The second-order valence-electron chi connectivity index (χ2n) is 3.32. The second kappa shape index (κ2) is 4.06. The molecule has 0 fully saturated rings. The number of carbonyl (C=O) groups is 1. The molecule has 0 aliphatic heterocycles. The molecule has 0 heterocycles. The number of phenolic OH excluding ortho intramolecular Hbond substituents is 1. The summed E-state index contributed by atoms with van der Waals surface area (Å²) < 4.78 is 4.97. The van der Waals surface area contributed by atoms with Gasteiger partial charge in [0.25, 0.3) is 0 Å². The van der Waals surface area contributed by atoms with E-state index in [1.54, 1.807) is 30.3 Å². The fraction of sp³-hybridized carbons (Fsp3) is 0. The zero-order valence-corrected chi connectivity index (χ0v) is 8.51. The maximum absolute atomic E-state index is 11.0. The van der Waals surface area contributed by atoms with E-state index >= 15 is 0 Å². The van der Waals surface area contributed by atoms with E-state index < -0.39 is 5.97 Å². The van der Waals surface area contributed by atoms with Gasteiger partial charge >= 0.3 is 5.97 Å². The number of carbonyl (C=O) groups excluding carboxylic acids is 1. The van der Waals surface area contributed by atoms with Crippen LogP contribution < -0.4 is 4.74 Å². The van der Waals surface area contributed by atoms with Gasteiger partial charge in [-0.05, 0) is 35.0 Å². The van der Waals surface area contributed by atoms with Gasteiger partial charge in [-0.25, -0.2) is 4.79 Å². The summed E-state index contributed by atoms with van der Waals surface area (Å²) in [7, 11) is 0. The Morgan fingerprint density at radius 1 is 1.19 bits per heavy atom. The Balaban J connectivity index is 2.42. The van der Waals surface area contributed by atoms with Gasteiger partial charge in [-0.15, -0.1) is 0 Å². The van der Waals surface area contributed by atoms with Crippen molar-refractivity contribution in [1.82, 2.24) is 0 Å². The zero-order valence-electron chi connectivity index (χ0n) is 8.51. The SMILES string of the molecule is C=CC(=O)Oc1ccc2ccc(O)cc2c1. The minimum absolute atomic E-state index is 0.180. The number of ether oxygens (including phenoxy) is 1. The van der Waals surface area contributed by atoms with Crippen molar-refractivity contribution in [2.75, 3.05) is 0 Å². The standard InChI is InChI=1S/C13H10O3/c1-2-13(15)16-12-6-4-9-3-5-11(14)7-10(9)8-12/h2-8,14H,1H2. The van der Waals surface area contributed by atoms with Gasteiger partial charge in [-0.1, -0.05) is 18.7 Å². The van der Waals surface area contributed by atoms with Gasteiger partial charge in [-0.3, -0.25) is 0 Å². The molecule has 0 spiro atoms. The molecule has 2 aromatic carbocycles. The van der Waals surface area contributed by atoms with Crippen LogP contribution in [-0.4, -0.2) is 11.1 Å². The highest BCUT2D eigenvalue weighted by Crippen LogP contribution is 2.24. The smallest absolute Gasteiger partial charge is 0.335 e. The Bertz CT molecular complexity index is 558. The molecule has 1 N–H and O–H groups in total. The summed E-state index contributed by atoms with van der Waals surface area (Å²) in [6.45, 7) is 3.32. The summed E-state index contributed by atoms with van der Waals surface area (Å²) in [6, 6.07) is 10.2. The molecule has 0 saturated carbocycles. The third kappa shape index (κ3) is 2.03. The molecule has 80 valence electrons. The topological polar surface area (TPSA) is 46.5 Å². The molecule has 0 aliphatic rings. The van der Waals surface area contributed by atoms with E-state index in [1.807, 2.05) is 6.07 Å². The second-order valence-corrected chi connectivity index (χ2v) is 3.32. The minimum Gasteiger partial charge on any atom is -0.508 e. The Kier molecular flexibility index (Phi) is 2.60. The van der Waals surface area contributed by atoms with Gasteiger partial charge < -0.3 is 9.84 Å². The molecule has 0 aliphatic carbocycles. The summed E-state index contributed by atoms with van der Waals surface area (Å²) in [6.07, 6.45) is 1.10. The Labute approximate surface area is 92.6 Å². The fourth-order valence-corrected chi connectivity index (χ4v) is 1.43. The first-order valence-electron chi connectivity index (χ1n) is 4.76. The van der Waals surface area contributed by atoms with Crippen LogP contribution in [-0.2, 0) is 4.79 Å². The van der Waals surface area contributed by atoms with Crippen molar-refractivity contribution in [3.8, 4) is 11.5 Å². The summed E-state index contributed by atoms with van der Waals surface area (Å²) >= 11 is 0. The number of fused-ring (bicyclic) bond motifs is 1. The van der Waals surface area contributed by atoms with Crippen LogP contribution in [0.1, 0.15) is 0 Å². The van der Waals surface area contributed by atoms with Crippen molar-refractivity contribution < 1.29 is 14.6 Å². The van der Waals surface area contributed by atoms with Crippen molar-refractivity contribution >= 4 is 16.7 Å². The molecule has 0 radical (unpaired) electrons. The van der Waals surface area contributed by atoms with Gasteiger partial charge in [0.1, 0.15) is 11.5 Å². The average molecular weight is 214 g/mol. The molecule has 0 bridgehead atoms. The highest BCUT2D eigenvalue weighted by atomic mass is 16.5. The van der Waals surface area contributed by atoms with E-state index in [-0.39, 0.29) is 5.75 Å². The van der Waals surface area contributed by atoms with E-state index in [0.29, 0.717) is 5.75 Å². The predicted molar refractivity (Wildman–Crippen MR) is 61.4 cm³/mol. The third-order valence-corrected chi connectivity index (χ3v) is 2.18. The van der Waals surface area contributed by atoms with E-state index in [4.69, 9.17) is 4.74 Å². The van der Waals surface area contributed by atoms with Crippen LogP contribution in [0.5, 0.6) is 11.5 Å². The van der Waals surface area contributed by atoms with Gasteiger partial charge in [0.05, 0.1) is 0 Å². The maximum Gasteiger partial charge on any atom is 0.335 e. The van der Waals surface area contributed by atoms with Gasteiger partial charge in [0.2, 0.25) is 0 Å². The predicted octanol–water partition coefficient (Wildman–Crippen LogP) is 2.64. The molecule has 0 atom stereocenters. The Morgan fingerprint density at radius 2 is 1.94 bits per heavy atom. The molecule has 2 aromatic rings. The fourth-order valence-electron chi connectivity index (χ4n) is 1.43. The lowest BCUT2D eigenvalue weighted by molar-refractivity contribution is -0.128. The number of aromatic hydroxyl groups is 1. The molecule has 2 rings (SSSR count). The summed E-state index contributed by atoms with van der Waals surface area (Å²) in [5.41, 5.74) is 0. The first kappa shape index (κ1) is 10.2. The summed E-state index contributed by atoms with van der Waals surface area (Å²) in [5, 5.41) is 11.1. The molecular formula is C13H10O3. The number of rotatable bonds is 2. The van der Waals surface area contributed by atoms with E-state index in [9.17, 15) is 9.90 Å². The van der Waals surface area contributed by atoms with Gasteiger partial charge in [0.15, 0.2) is 0 Å². The largest absolute Gasteiger partial charge is 0.508 e. The lowest BCUT2D eigenvalue weighted by atomic mass is 10.1. The molecule has 0 unspecified atom stereocenters. The van der Waals surface area contributed by atoms with Crippen LogP contribution in [0.3, 0.4) is 0 Å². The lowest BCUT2D eigenvalue weighted by Gasteiger charge is -2.03. The quantitative estimate of drug-likeness (QED) is 0.475. The van der Waals surface area contributed by atoms with Crippen molar-refractivity contribution in [3.63, 3.8) is 0 Å². The summed E-state index contributed by atoms with van der Waals surface area (Å²) in [5.74, 6) is 0.113. The van der Waals surface area contributed by atoms with Crippen LogP contribution in [0.15, 0.2) is 49.1 Å². The average Bonchev–Trinajstić information content (AvgIpc) is 2.28. The zero-order chi connectivity index (χ0) is 11.5. The van der Waals surface area contributed by atoms with E-state index in [2.05, 4.69) is 6.58 Å². The van der Waals surface area contributed by atoms with Crippen molar-refractivity contribution in [3.05, 3.63) is 49.1 Å². The van der Waals surface area contributed by atoms with Gasteiger partial charge in [0, 0.05) is 6.08 Å². The molecule has 0 aromatic heterocycles. The van der Waals surface area contributed by atoms with Crippen molar-refractivity contribution in [2.24, 2.45) is 0 Å².